The highest BCUT2D eigenvalue weighted by Crippen LogP contribution is 2.20. The molecule has 128 valence electrons. The molecule has 3 unspecified atom stereocenters. The van der Waals surface area contributed by atoms with Crippen molar-refractivity contribution in [3.63, 3.8) is 0 Å². The summed E-state index contributed by atoms with van der Waals surface area (Å²) < 4.78 is 26.0. The molecule has 3 N–H and O–H groups in total. The second kappa shape index (κ2) is 7.99. The maximum atomic E-state index is 13.1. The molecule has 0 saturated carbocycles. The fourth-order valence-corrected chi connectivity index (χ4v) is 2.35. The van der Waals surface area contributed by atoms with Crippen molar-refractivity contribution in [2.24, 2.45) is 0 Å². The van der Waals surface area contributed by atoms with Gasteiger partial charge in [0.25, 0.3) is 0 Å². The van der Waals surface area contributed by atoms with Crippen molar-refractivity contribution >= 4 is 5.91 Å². The zero-order valence-electron chi connectivity index (χ0n) is 13.1. The van der Waals surface area contributed by atoms with Gasteiger partial charge in [-0.25, -0.2) is 8.78 Å². The summed E-state index contributed by atoms with van der Waals surface area (Å²) in [7, 11) is 0. The zero-order valence-corrected chi connectivity index (χ0v) is 13.1. The Morgan fingerprint density at radius 3 is 2.33 bits per heavy atom. The Balaban J connectivity index is 1.92. The summed E-state index contributed by atoms with van der Waals surface area (Å²) in [6, 6.07) is 10.1. The summed E-state index contributed by atoms with van der Waals surface area (Å²) in [6.45, 7) is 1.60. The van der Waals surface area contributed by atoms with E-state index >= 15 is 0 Å². The summed E-state index contributed by atoms with van der Waals surface area (Å²) in [5.74, 6) is -1.40. The van der Waals surface area contributed by atoms with E-state index in [4.69, 9.17) is 0 Å². The minimum absolute atomic E-state index is 0.260. The van der Waals surface area contributed by atoms with Crippen molar-refractivity contribution in [1.82, 2.24) is 5.32 Å². The highest BCUT2D eigenvalue weighted by atomic mass is 19.1. The molecule has 2 rings (SSSR count). The van der Waals surface area contributed by atoms with E-state index in [1.54, 1.807) is 6.92 Å². The molecule has 0 saturated heterocycles. The van der Waals surface area contributed by atoms with Crippen molar-refractivity contribution in [3.05, 3.63) is 71.3 Å². The van der Waals surface area contributed by atoms with E-state index in [1.807, 2.05) is 0 Å². The van der Waals surface area contributed by atoms with Crippen LogP contribution in [0.4, 0.5) is 8.78 Å². The van der Waals surface area contributed by atoms with Crippen molar-refractivity contribution < 1.29 is 23.8 Å². The van der Waals surface area contributed by atoms with Crippen molar-refractivity contribution in [2.75, 3.05) is 0 Å². The minimum Gasteiger partial charge on any atom is -0.388 e. The van der Waals surface area contributed by atoms with Gasteiger partial charge in [0.2, 0.25) is 5.91 Å². The lowest BCUT2D eigenvalue weighted by Gasteiger charge is -2.21. The lowest BCUT2D eigenvalue weighted by Crippen LogP contribution is -2.37. The molecular formula is C18H19F2NO3. The van der Waals surface area contributed by atoms with E-state index in [2.05, 4.69) is 5.32 Å². The molecule has 0 radical (unpaired) electrons. The molecule has 0 spiro atoms. The van der Waals surface area contributed by atoms with Crippen LogP contribution < -0.4 is 5.32 Å². The third-order valence-electron chi connectivity index (χ3n) is 3.69. The number of aliphatic hydroxyl groups is 2. The van der Waals surface area contributed by atoms with Gasteiger partial charge in [-0.15, -0.1) is 0 Å². The Hall–Kier alpha value is -2.31. The SMILES string of the molecule is CC(NC(=O)CC(O)c1cccc(F)c1)C(O)c1ccc(F)cc1. The number of nitrogens with one attached hydrogen (secondary N) is 1. The van der Waals surface area contributed by atoms with Crippen LogP contribution in [-0.2, 0) is 4.79 Å². The van der Waals surface area contributed by atoms with E-state index in [1.165, 1.54) is 42.5 Å². The van der Waals surface area contributed by atoms with Gasteiger partial charge < -0.3 is 15.5 Å². The number of amides is 1. The molecule has 3 atom stereocenters. The average molecular weight is 335 g/mol. The van der Waals surface area contributed by atoms with Crippen LogP contribution in [0.25, 0.3) is 0 Å². The number of carbonyl (C=O) groups excluding carboxylic acids is 1. The molecule has 1 amide bonds. The second-order valence-corrected chi connectivity index (χ2v) is 5.63. The van der Waals surface area contributed by atoms with Gasteiger partial charge in [0.15, 0.2) is 0 Å². The quantitative estimate of drug-likeness (QED) is 0.760. The molecule has 2 aromatic rings. The third-order valence-corrected chi connectivity index (χ3v) is 3.69. The smallest absolute Gasteiger partial charge is 0.223 e. The first-order chi connectivity index (χ1) is 11.4. The lowest BCUT2D eigenvalue weighted by molar-refractivity contribution is -0.124. The van der Waals surface area contributed by atoms with Crippen molar-refractivity contribution in [3.8, 4) is 0 Å². The molecule has 4 nitrogen and oxygen atoms in total. The summed E-state index contributed by atoms with van der Waals surface area (Å²) in [4.78, 5) is 12.0. The number of aliphatic hydroxyl groups excluding tert-OH is 2. The fourth-order valence-electron chi connectivity index (χ4n) is 2.35. The molecule has 24 heavy (non-hydrogen) atoms. The van der Waals surface area contributed by atoms with Crippen LogP contribution in [-0.4, -0.2) is 22.2 Å². The normalized spacial score (nSPS) is 14.7. The molecule has 0 aliphatic heterocycles. The van der Waals surface area contributed by atoms with Crippen LogP contribution in [0.3, 0.4) is 0 Å². The largest absolute Gasteiger partial charge is 0.388 e. The van der Waals surface area contributed by atoms with Crippen LogP contribution >= 0.6 is 0 Å². The van der Waals surface area contributed by atoms with E-state index in [0.29, 0.717) is 11.1 Å². The van der Waals surface area contributed by atoms with Crippen LogP contribution in [0.5, 0.6) is 0 Å². The predicted octanol–water partition coefficient (Wildman–Crippen LogP) is 2.63. The Bertz CT molecular complexity index is 691. The summed E-state index contributed by atoms with van der Waals surface area (Å²) >= 11 is 0. The van der Waals surface area contributed by atoms with Gasteiger partial charge in [0.05, 0.1) is 24.7 Å². The van der Waals surface area contributed by atoms with Crippen LogP contribution in [0.15, 0.2) is 48.5 Å². The average Bonchev–Trinajstić information content (AvgIpc) is 2.54. The highest BCUT2D eigenvalue weighted by Gasteiger charge is 2.20. The summed E-state index contributed by atoms with van der Waals surface area (Å²) in [5, 5.41) is 22.7. The molecule has 0 aliphatic carbocycles. The molecule has 0 fully saturated rings. The maximum Gasteiger partial charge on any atom is 0.223 e. The number of halogens is 2. The summed E-state index contributed by atoms with van der Waals surface area (Å²) in [6.07, 6.45) is -2.42. The monoisotopic (exact) mass is 335 g/mol. The van der Waals surface area contributed by atoms with Gasteiger partial charge in [0, 0.05) is 0 Å². The topological polar surface area (TPSA) is 69.6 Å². The highest BCUT2D eigenvalue weighted by molar-refractivity contribution is 5.77. The first kappa shape index (κ1) is 18.0. The van der Waals surface area contributed by atoms with Gasteiger partial charge in [-0.1, -0.05) is 24.3 Å². The molecule has 0 aromatic heterocycles. The Morgan fingerprint density at radius 1 is 1.04 bits per heavy atom. The van der Waals surface area contributed by atoms with Gasteiger partial charge >= 0.3 is 0 Å². The number of carbonyl (C=O) groups is 1. The minimum atomic E-state index is -1.14. The maximum absolute atomic E-state index is 13.1. The van der Waals surface area contributed by atoms with Gasteiger partial charge in [0.1, 0.15) is 11.6 Å². The number of hydrogen-bond acceptors (Lipinski definition) is 3. The molecule has 0 aliphatic rings. The molecule has 0 bridgehead atoms. The Morgan fingerprint density at radius 2 is 1.71 bits per heavy atom. The van der Waals surface area contributed by atoms with E-state index in [0.717, 1.165) is 6.07 Å². The first-order valence-electron chi connectivity index (χ1n) is 7.53. The van der Waals surface area contributed by atoms with E-state index in [9.17, 15) is 23.8 Å². The van der Waals surface area contributed by atoms with Crippen molar-refractivity contribution in [2.45, 2.75) is 31.6 Å². The molecule has 0 heterocycles. The fraction of sp³-hybridized carbons (Fsp3) is 0.278. The van der Waals surface area contributed by atoms with Gasteiger partial charge in [-0.2, -0.15) is 0 Å². The predicted molar refractivity (Wildman–Crippen MR) is 84.9 cm³/mol. The third kappa shape index (κ3) is 4.84. The zero-order chi connectivity index (χ0) is 17.7. The van der Waals surface area contributed by atoms with E-state index < -0.39 is 35.8 Å². The standard InChI is InChI=1S/C18H19F2NO3/c1-11(18(24)12-5-7-14(19)8-6-12)21-17(23)10-16(22)13-3-2-4-15(20)9-13/h2-9,11,16,18,22,24H,10H2,1H3,(H,21,23). The van der Waals surface area contributed by atoms with Crippen molar-refractivity contribution in [1.29, 1.82) is 0 Å². The van der Waals surface area contributed by atoms with Gasteiger partial charge in [-0.05, 0) is 42.3 Å². The molecule has 2 aromatic carbocycles. The van der Waals surface area contributed by atoms with Crippen LogP contribution in [0.2, 0.25) is 0 Å². The van der Waals surface area contributed by atoms with Crippen LogP contribution in [0, 0.1) is 11.6 Å². The number of rotatable bonds is 6. The molecule has 6 heteroatoms. The number of hydrogen-bond donors (Lipinski definition) is 3. The summed E-state index contributed by atoms with van der Waals surface area (Å²) in [5.41, 5.74) is 0.770. The number of benzene rings is 2. The van der Waals surface area contributed by atoms with Crippen LogP contribution in [0.1, 0.15) is 36.7 Å². The lowest BCUT2D eigenvalue weighted by atomic mass is 10.0. The Labute approximate surface area is 138 Å². The van der Waals surface area contributed by atoms with Gasteiger partial charge in [-0.3, -0.25) is 4.79 Å². The first-order valence-corrected chi connectivity index (χ1v) is 7.53. The molecular weight excluding hydrogens is 316 g/mol. The Kier molecular flexibility index (Phi) is 6.00. The second-order valence-electron chi connectivity index (χ2n) is 5.63. The van der Waals surface area contributed by atoms with E-state index in [-0.39, 0.29) is 6.42 Å².